The number of rotatable bonds is 6. The molecule has 0 aromatic heterocycles. The van der Waals surface area contributed by atoms with Crippen molar-refractivity contribution < 1.29 is 14.7 Å². The van der Waals surface area contributed by atoms with E-state index in [-0.39, 0.29) is 18.4 Å². The maximum Gasteiger partial charge on any atom is 0.320 e. The quantitative estimate of drug-likeness (QED) is 0.805. The molecule has 102 valence electrons. The summed E-state index contributed by atoms with van der Waals surface area (Å²) in [6.07, 6.45) is 1.85. The minimum Gasteiger partial charge on any atom is -0.480 e. The minimum atomic E-state index is -0.877. The summed E-state index contributed by atoms with van der Waals surface area (Å²) in [5, 5.41) is 11.9. The van der Waals surface area contributed by atoms with Crippen molar-refractivity contribution in [2.45, 2.75) is 18.9 Å². The first kappa shape index (κ1) is 13.5. The van der Waals surface area contributed by atoms with Gasteiger partial charge in [-0.15, -0.1) is 0 Å². The second-order valence-electron chi connectivity index (χ2n) is 4.82. The molecular weight excluding hydrogens is 244 g/mol. The van der Waals surface area contributed by atoms with Crippen LogP contribution in [0.15, 0.2) is 30.3 Å². The van der Waals surface area contributed by atoms with Crippen LogP contribution in [0.2, 0.25) is 0 Å². The molecule has 1 amide bonds. The number of para-hydroxylation sites is 1. The van der Waals surface area contributed by atoms with Crippen LogP contribution in [-0.2, 0) is 9.59 Å². The lowest BCUT2D eigenvalue weighted by Gasteiger charge is -2.19. The summed E-state index contributed by atoms with van der Waals surface area (Å²) < 4.78 is 0. The standard InChI is InChI=1S/C14H18N2O3/c1-16(11-5-3-2-4-6-11)12(17)9-15-13(14(18)19)10-7-8-10/h2-6,10,13,15H,7-9H2,1H3,(H,18,19). The smallest absolute Gasteiger partial charge is 0.320 e. The maximum absolute atomic E-state index is 12.0. The fourth-order valence-corrected chi connectivity index (χ4v) is 2.00. The van der Waals surface area contributed by atoms with Gasteiger partial charge in [-0.05, 0) is 30.9 Å². The third-order valence-electron chi connectivity index (χ3n) is 3.35. The fraction of sp³-hybridized carbons (Fsp3) is 0.429. The molecule has 1 aromatic carbocycles. The summed E-state index contributed by atoms with van der Waals surface area (Å²) in [5.74, 6) is -0.844. The van der Waals surface area contributed by atoms with Gasteiger partial charge in [-0.25, -0.2) is 0 Å². The number of benzene rings is 1. The van der Waals surface area contributed by atoms with Crippen LogP contribution in [0.25, 0.3) is 0 Å². The molecule has 2 N–H and O–H groups in total. The molecule has 0 radical (unpaired) electrons. The van der Waals surface area contributed by atoms with Crippen molar-refractivity contribution >= 4 is 17.6 Å². The van der Waals surface area contributed by atoms with E-state index in [0.29, 0.717) is 0 Å². The highest BCUT2D eigenvalue weighted by Gasteiger charge is 2.36. The van der Waals surface area contributed by atoms with Crippen molar-refractivity contribution in [1.29, 1.82) is 0 Å². The number of carboxylic acids is 1. The van der Waals surface area contributed by atoms with Crippen LogP contribution in [0, 0.1) is 5.92 Å². The van der Waals surface area contributed by atoms with Crippen LogP contribution in [-0.4, -0.2) is 36.6 Å². The monoisotopic (exact) mass is 262 g/mol. The van der Waals surface area contributed by atoms with E-state index in [2.05, 4.69) is 5.32 Å². The van der Waals surface area contributed by atoms with Gasteiger partial charge in [-0.1, -0.05) is 18.2 Å². The van der Waals surface area contributed by atoms with E-state index < -0.39 is 12.0 Å². The number of carboxylic acid groups (broad SMARTS) is 1. The summed E-state index contributed by atoms with van der Waals surface area (Å²) in [5.41, 5.74) is 0.799. The Morgan fingerprint density at radius 3 is 2.53 bits per heavy atom. The Labute approximate surface area is 112 Å². The van der Waals surface area contributed by atoms with Crippen molar-refractivity contribution in [3.63, 3.8) is 0 Å². The molecule has 1 atom stereocenters. The van der Waals surface area contributed by atoms with E-state index in [1.54, 1.807) is 7.05 Å². The molecule has 2 rings (SSSR count). The molecule has 0 bridgehead atoms. The number of anilines is 1. The summed E-state index contributed by atoms with van der Waals surface area (Å²) in [4.78, 5) is 24.6. The third kappa shape index (κ3) is 3.54. The predicted molar refractivity (Wildman–Crippen MR) is 72.0 cm³/mol. The SMILES string of the molecule is CN(C(=O)CNC(C(=O)O)C1CC1)c1ccccc1. The second kappa shape index (κ2) is 5.84. The third-order valence-corrected chi connectivity index (χ3v) is 3.35. The molecule has 19 heavy (non-hydrogen) atoms. The zero-order chi connectivity index (χ0) is 13.8. The Balaban J connectivity index is 1.88. The van der Waals surface area contributed by atoms with Gasteiger partial charge in [-0.2, -0.15) is 0 Å². The van der Waals surface area contributed by atoms with Gasteiger partial charge in [0.2, 0.25) is 5.91 Å². The van der Waals surface area contributed by atoms with E-state index >= 15 is 0 Å². The number of carbonyl (C=O) groups is 2. The number of nitrogens with zero attached hydrogens (tertiary/aromatic N) is 1. The maximum atomic E-state index is 12.0. The Bertz CT molecular complexity index is 457. The fourth-order valence-electron chi connectivity index (χ4n) is 2.00. The lowest BCUT2D eigenvalue weighted by atomic mass is 10.2. The van der Waals surface area contributed by atoms with Gasteiger partial charge in [0.05, 0.1) is 6.54 Å². The number of hydrogen-bond acceptors (Lipinski definition) is 3. The first-order chi connectivity index (χ1) is 9.09. The zero-order valence-corrected chi connectivity index (χ0v) is 10.9. The molecule has 0 heterocycles. The van der Waals surface area contributed by atoms with E-state index in [1.807, 2.05) is 30.3 Å². The molecule has 1 fully saturated rings. The van der Waals surface area contributed by atoms with Crippen LogP contribution in [0.4, 0.5) is 5.69 Å². The average Bonchev–Trinajstić information content (AvgIpc) is 3.23. The highest BCUT2D eigenvalue weighted by molar-refractivity contribution is 5.94. The van der Waals surface area contributed by atoms with Crippen LogP contribution in [0.3, 0.4) is 0 Å². The minimum absolute atomic E-state index is 0.0405. The highest BCUT2D eigenvalue weighted by Crippen LogP contribution is 2.32. The number of likely N-dealkylation sites (N-methyl/N-ethyl adjacent to an activating group) is 1. The van der Waals surface area contributed by atoms with Crippen molar-refractivity contribution in [3.8, 4) is 0 Å². The number of aliphatic carboxylic acids is 1. The van der Waals surface area contributed by atoms with E-state index in [0.717, 1.165) is 18.5 Å². The summed E-state index contributed by atoms with van der Waals surface area (Å²) in [7, 11) is 1.69. The molecule has 5 nitrogen and oxygen atoms in total. The first-order valence-corrected chi connectivity index (χ1v) is 6.37. The van der Waals surface area contributed by atoms with Gasteiger partial charge < -0.3 is 10.0 Å². The van der Waals surface area contributed by atoms with Gasteiger partial charge in [0.15, 0.2) is 0 Å². The van der Waals surface area contributed by atoms with Crippen LogP contribution < -0.4 is 10.2 Å². The van der Waals surface area contributed by atoms with Gasteiger partial charge in [-0.3, -0.25) is 14.9 Å². The lowest BCUT2D eigenvalue weighted by Crippen LogP contribution is -2.44. The largest absolute Gasteiger partial charge is 0.480 e. The molecule has 0 saturated heterocycles. The normalized spacial score (nSPS) is 15.8. The summed E-state index contributed by atoms with van der Waals surface area (Å²) >= 11 is 0. The van der Waals surface area contributed by atoms with Crippen molar-refractivity contribution in [3.05, 3.63) is 30.3 Å². The van der Waals surface area contributed by atoms with Crippen molar-refractivity contribution in [2.75, 3.05) is 18.5 Å². The molecule has 1 aliphatic rings. The molecule has 0 aliphatic heterocycles. The molecular formula is C14H18N2O3. The van der Waals surface area contributed by atoms with E-state index in [1.165, 1.54) is 4.90 Å². The molecule has 1 unspecified atom stereocenters. The molecule has 1 saturated carbocycles. The zero-order valence-electron chi connectivity index (χ0n) is 10.9. The first-order valence-electron chi connectivity index (χ1n) is 6.37. The Morgan fingerprint density at radius 2 is 2.00 bits per heavy atom. The van der Waals surface area contributed by atoms with Gasteiger partial charge in [0.1, 0.15) is 6.04 Å². The highest BCUT2D eigenvalue weighted by atomic mass is 16.4. The van der Waals surface area contributed by atoms with Gasteiger partial charge >= 0.3 is 5.97 Å². The van der Waals surface area contributed by atoms with Crippen LogP contribution >= 0.6 is 0 Å². The summed E-state index contributed by atoms with van der Waals surface area (Å²) in [6, 6.07) is 8.68. The Morgan fingerprint density at radius 1 is 1.37 bits per heavy atom. The van der Waals surface area contributed by atoms with Crippen LogP contribution in [0.1, 0.15) is 12.8 Å². The lowest BCUT2D eigenvalue weighted by molar-refractivity contribution is -0.140. The number of hydrogen-bond donors (Lipinski definition) is 2. The molecule has 1 aliphatic carbocycles. The Kier molecular flexibility index (Phi) is 4.16. The van der Waals surface area contributed by atoms with Crippen LogP contribution in [0.5, 0.6) is 0 Å². The molecule has 5 heteroatoms. The summed E-state index contributed by atoms with van der Waals surface area (Å²) in [6.45, 7) is 0.0405. The topological polar surface area (TPSA) is 69.6 Å². The predicted octanol–water partition coefficient (Wildman–Crippen LogP) is 1.10. The molecule has 1 aromatic rings. The number of amides is 1. The Hall–Kier alpha value is -1.88. The van der Waals surface area contributed by atoms with E-state index in [9.17, 15) is 9.59 Å². The second-order valence-corrected chi connectivity index (χ2v) is 4.82. The van der Waals surface area contributed by atoms with E-state index in [4.69, 9.17) is 5.11 Å². The number of carbonyl (C=O) groups excluding carboxylic acids is 1. The number of nitrogens with one attached hydrogen (secondary N) is 1. The van der Waals surface area contributed by atoms with Crippen molar-refractivity contribution in [2.24, 2.45) is 5.92 Å². The average molecular weight is 262 g/mol. The van der Waals surface area contributed by atoms with Gasteiger partial charge in [0, 0.05) is 12.7 Å². The molecule has 0 spiro atoms. The van der Waals surface area contributed by atoms with Gasteiger partial charge in [0.25, 0.3) is 0 Å². The van der Waals surface area contributed by atoms with Crippen molar-refractivity contribution in [1.82, 2.24) is 5.32 Å².